The number of aromatic amines is 1. The average molecular weight is 473 g/mol. The third-order valence-electron chi connectivity index (χ3n) is 7.44. The summed E-state index contributed by atoms with van der Waals surface area (Å²) in [7, 11) is 0. The summed E-state index contributed by atoms with van der Waals surface area (Å²) < 4.78 is 0. The lowest BCUT2D eigenvalue weighted by atomic mass is 9.92. The van der Waals surface area contributed by atoms with Gasteiger partial charge in [0.15, 0.2) is 5.78 Å². The molecule has 0 unspecified atom stereocenters. The molecule has 0 spiro atoms. The Labute approximate surface area is 194 Å². The number of amides is 3. The number of thiophene rings is 1. The van der Waals surface area contributed by atoms with Gasteiger partial charge in [-0.15, -0.1) is 11.3 Å². The highest BCUT2D eigenvalue weighted by molar-refractivity contribution is 7.16. The molecule has 9 nitrogen and oxygen atoms in total. The van der Waals surface area contributed by atoms with Crippen LogP contribution in [0, 0.1) is 17.8 Å². The molecule has 3 fully saturated rings. The van der Waals surface area contributed by atoms with Crippen molar-refractivity contribution in [3.05, 3.63) is 23.2 Å². The molecule has 3 aliphatic rings. The van der Waals surface area contributed by atoms with Crippen LogP contribution in [-0.4, -0.2) is 70.3 Å². The maximum Gasteiger partial charge on any atom is 0.271 e. The fraction of sp³-hybridized carbons (Fsp3) is 0.565. The maximum absolute atomic E-state index is 13.5. The molecule has 1 aliphatic carbocycles. The number of hydrogen-bond donors (Lipinski definition) is 4. The van der Waals surface area contributed by atoms with E-state index in [0.717, 1.165) is 29.5 Å². The van der Waals surface area contributed by atoms with Crippen molar-refractivity contribution in [3.8, 4) is 0 Å². The van der Waals surface area contributed by atoms with Crippen LogP contribution in [0.3, 0.4) is 0 Å². The Balaban J connectivity index is 1.37. The summed E-state index contributed by atoms with van der Waals surface area (Å²) in [4.78, 5) is 57.1. The summed E-state index contributed by atoms with van der Waals surface area (Å²) in [6, 6.07) is 2.14. The average Bonchev–Trinajstić information content (AvgIpc) is 3.58. The number of likely N-dealkylation sites (tertiary alicyclic amines) is 1. The van der Waals surface area contributed by atoms with E-state index in [1.54, 1.807) is 4.90 Å². The number of fused-ring (bicyclic) bond motifs is 2. The van der Waals surface area contributed by atoms with Gasteiger partial charge in [0.1, 0.15) is 23.2 Å². The van der Waals surface area contributed by atoms with E-state index >= 15 is 0 Å². The minimum Gasteiger partial charge on any atom is -0.389 e. The van der Waals surface area contributed by atoms with Crippen LogP contribution >= 0.6 is 11.3 Å². The number of hydrogen-bond acceptors (Lipinski definition) is 6. The first-order valence-corrected chi connectivity index (χ1v) is 12.4. The second kappa shape index (κ2) is 8.90. The van der Waals surface area contributed by atoms with Gasteiger partial charge in [-0.25, -0.2) is 0 Å². The molecular formula is C23H28N4O5S. The Hall–Kier alpha value is -2.72. The Morgan fingerprint density at radius 2 is 2.12 bits per heavy atom. The second-order valence-electron chi connectivity index (χ2n) is 9.34. The molecule has 2 saturated heterocycles. The van der Waals surface area contributed by atoms with Crippen LogP contribution in [0.4, 0.5) is 0 Å². The number of nitrogens with zero attached hydrogens (tertiary/aromatic N) is 1. The highest BCUT2D eigenvalue weighted by Gasteiger charge is 2.50. The molecule has 10 heteroatoms. The van der Waals surface area contributed by atoms with Crippen LogP contribution in [0.1, 0.15) is 42.6 Å². The first-order valence-electron chi connectivity index (χ1n) is 11.5. The van der Waals surface area contributed by atoms with Gasteiger partial charge in [0.05, 0.1) is 6.04 Å². The fourth-order valence-corrected chi connectivity index (χ4v) is 6.54. The highest BCUT2D eigenvalue weighted by atomic mass is 32.1. The van der Waals surface area contributed by atoms with Gasteiger partial charge in [0.2, 0.25) is 11.8 Å². The number of aliphatic hydroxyl groups is 1. The van der Waals surface area contributed by atoms with Gasteiger partial charge in [0, 0.05) is 24.4 Å². The summed E-state index contributed by atoms with van der Waals surface area (Å²) in [6.45, 7) is 0.343. The van der Waals surface area contributed by atoms with Gasteiger partial charge >= 0.3 is 0 Å². The van der Waals surface area contributed by atoms with E-state index in [9.17, 15) is 24.3 Å². The lowest BCUT2D eigenvalue weighted by Gasteiger charge is -2.29. The lowest BCUT2D eigenvalue weighted by molar-refractivity contribution is -0.133. The Bertz CT molecular complexity index is 1070. The predicted molar refractivity (Wildman–Crippen MR) is 122 cm³/mol. The summed E-state index contributed by atoms with van der Waals surface area (Å²) in [5, 5.41) is 17.9. The molecule has 2 aliphatic heterocycles. The van der Waals surface area contributed by atoms with Crippen molar-refractivity contribution in [3.63, 3.8) is 0 Å². The van der Waals surface area contributed by atoms with Crippen LogP contribution in [0.15, 0.2) is 17.5 Å². The minimum absolute atomic E-state index is 0.0460. The van der Waals surface area contributed by atoms with Crippen molar-refractivity contribution in [1.82, 2.24) is 20.5 Å². The third kappa shape index (κ3) is 4.06. The molecule has 5 atom stereocenters. The number of carbonyl (C=O) groups is 4. The first kappa shape index (κ1) is 22.1. The van der Waals surface area contributed by atoms with Crippen molar-refractivity contribution >= 4 is 45.1 Å². The number of ketones is 1. The number of aliphatic hydroxyl groups excluding tert-OH is 1. The number of rotatable bonds is 7. The van der Waals surface area contributed by atoms with Gasteiger partial charge < -0.3 is 25.6 Å². The molecule has 2 aromatic rings. The van der Waals surface area contributed by atoms with E-state index in [0.29, 0.717) is 25.2 Å². The highest BCUT2D eigenvalue weighted by Crippen LogP contribution is 2.43. The molecule has 33 heavy (non-hydrogen) atoms. The van der Waals surface area contributed by atoms with Gasteiger partial charge in [-0.3, -0.25) is 19.2 Å². The van der Waals surface area contributed by atoms with Crippen LogP contribution in [0.5, 0.6) is 0 Å². The maximum atomic E-state index is 13.5. The number of Topliss-reactive ketones (excluding diaryl/α,β-unsaturated/α-hetero) is 1. The van der Waals surface area contributed by atoms with Crippen molar-refractivity contribution in [2.24, 2.45) is 17.8 Å². The molecule has 2 aromatic heterocycles. The molecule has 1 saturated carbocycles. The van der Waals surface area contributed by atoms with Gasteiger partial charge in [0.25, 0.3) is 5.91 Å². The smallest absolute Gasteiger partial charge is 0.271 e. The van der Waals surface area contributed by atoms with Crippen LogP contribution < -0.4 is 10.6 Å². The summed E-state index contributed by atoms with van der Waals surface area (Å²) in [6.07, 6.45) is 3.58. The van der Waals surface area contributed by atoms with Gasteiger partial charge in [-0.1, -0.05) is 6.42 Å². The number of aromatic nitrogens is 1. The standard InChI is InChI=1S/C23H28N4O5S/c28-11-18(29)16(8-12-4-6-24-20(12)30)25-21(31)19-15-3-1-2-14(15)10-27(19)23(32)17-9-13-5-7-33-22(13)26-17/h5,7,9,12,14-16,19,26,28H,1-4,6,8,10-11H2,(H,24,30)(H,25,31)/t12-,14-,15-,16-,19-/m0/s1. The topological polar surface area (TPSA) is 132 Å². The van der Waals surface area contributed by atoms with Crippen molar-refractivity contribution in [2.45, 2.75) is 44.2 Å². The Morgan fingerprint density at radius 1 is 1.27 bits per heavy atom. The van der Waals surface area contributed by atoms with E-state index in [1.807, 2.05) is 17.5 Å². The molecule has 0 bridgehead atoms. The van der Waals surface area contributed by atoms with E-state index in [4.69, 9.17) is 0 Å². The van der Waals surface area contributed by atoms with E-state index in [2.05, 4.69) is 15.6 Å². The zero-order chi connectivity index (χ0) is 23.1. The molecular weight excluding hydrogens is 444 g/mol. The molecule has 5 rings (SSSR count). The first-order chi connectivity index (χ1) is 16.0. The Kier molecular flexibility index (Phi) is 5.96. The van der Waals surface area contributed by atoms with Gasteiger partial charge in [-0.05, 0) is 55.0 Å². The second-order valence-corrected chi connectivity index (χ2v) is 10.3. The molecule has 3 amide bonds. The molecule has 4 heterocycles. The fourth-order valence-electron chi connectivity index (χ4n) is 5.76. The largest absolute Gasteiger partial charge is 0.389 e. The quantitative estimate of drug-likeness (QED) is 0.478. The zero-order valence-electron chi connectivity index (χ0n) is 18.2. The zero-order valence-corrected chi connectivity index (χ0v) is 19.0. The van der Waals surface area contributed by atoms with Crippen molar-refractivity contribution in [2.75, 3.05) is 19.7 Å². The monoisotopic (exact) mass is 472 g/mol. The van der Waals surface area contributed by atoms with Crippen molar-refractivity contribution < 1.29 is 24.3 Å². The van der Waals surface area contributed by atoms with Crippen LogP contribution in [-0.2, 0) is 14.4 Å². The van der Waals surface area contributed by atoms with Crippen molar-refractivity contribution in [1.29, 1.82) is 0 Å². The Morgan fingerprint density at radius 3 is 2.85 bits per heavy atom. The third-order valence-corrected chi connectivity index (χ3v) is 8.28. The minimum atomic E-state index is -0.954. The van der Waals surface area contributed by atoms with Crippen LogP contribution in [0.25, 0.3) is 10.2 Å². The molecule has 0 radical (unpaired) electrons. The lowest BCUT2D eigenvalue weighted by Crippen LogP contribution is -2.53. The number of nitrogens with one attached hydrogen (secondary N) is 3. The molecule has 4 N–H and O–H groups in total. The van der Waals surface area contributed by atoms with E-state index in [1.165, 1.54) is 11.3 Å². The number of carbonyl (C=O) groups excluding carboxylic acids is 4. The van der Waals surface area contributed by atoms with E-state index < -0.39 is 24.5 Å². The molecule has 0 aromatic carbocycles. The SMILES string of the molecule is O=C1NCC[C@H]1C[C@H](NC(=O)[C@@H]1[C@H]2CCC[C@H]2CN1C(=O)c1cc2ccsc2[nH]1)C(=O)CO. The predicted octanol–water partition coefficient (Wildman–Crippen LogP) is 1.04. The molecule has 176 valence electrons. The van der Waals surface area contributed by atoms with Gasteiger partial charge in [-0.2, -0.15) is 0 Å². The van der Waals surface area contributed by atoms with Crippen LogP contribution in [0.2, 0.25) is 0 Å². The van der Waals surface area contributed by atoms with E-state index in [-0.39, 0.29) is 41.9 Å². The summed E-state index contributed by atoms with van der Waals surface area (Å²) >= 11 is 1.52. The summed E-state index contributed by atoms with van der Waals surface area (Å²) in [5.41, 5.74) is 0.459. The summed E-state index contributed by atoms with van der Waals surface area (Å²) in [5.74, 6) is -1.33. The normalized spacial score (nSPS) is 27.5. The number of H-pyrrole nitrogens is 1.